The maximum Gasteiger partial charge on any atom is 0.317 e. The predicted molar refractivity (Wildman–Crippen MR) is 92.4 cm³/mol. The second-order valence-corrected chi connectivity index (χ2v) is 6.43. The SMILES string of the molecule is C[C@@H](NC(=O)N1CCC(C(=O)O)CC1)c1ccc(-n2cccn2)c(F)c1. The number of aromatic nitrogens is 2. The number of aliphatic carboxylic acids is 1. The van der Waals surface area contributed by atoms with E-state index >= 15 is 0 Å². The third-order valence-electron chi connectivity index (χ3n) is 4.69. The van der Waals surface area contributed by atoms with Crippen molar-refractivity contribution >= 4 is 12.0 Å². The van der Waals surface area contributed by atoms with Gasteiger partial charge >= 0.3 is 12.0 Å². The van der Waals surface area contributed by atoms with Crippen LogP contribution < -0.4 is 5.32 Å². The number of carboxylic acids is 1. The van der Waals surface area contributed by atoms with E-state index in [2.05, 4.69) is 10.4 Å². The summed E-state index contributed by atoms with van der Waals surface area (Å²) in [6, 6.07) is 5.83. The summed E-state index contributed by atoms with van der Waals surface area (Å²) in [6.07, 6.45) is 4.13. The Morgan fingerprint density at radius 2 is 2.08 bits per heavy atom. The molecular formula is C18H21FN4O3. The highest BCUT2D eigenvalue weighted by atomic mass is 19.1. The molecule has 2 N–H and O–H groups in total. The van der Waals surface area contributed by atoms with Gasteiger partial charge in [-0.05, 0) is 43.5 Å². The van der Waals surface area contributed by atoms with Crippen LogP contribution in [0, 0.1) is 11.7 Å². The maximum atomic E-state index is 14.3. The molecule has 8 heteroatoms. The molecule has 3 rings (SSSR count). The average Bonchev–Trinajstić information content (AvgIpc) is 3.16. The number of carbonyl (C=O) groups is 2. The minimum Gasteiger partial charge on any atom is -0.481 e. The Balaban J connectivity index is 1.61. The van der Waals surface area contributed by atoms with Crippen LogP contribution in [0.1, 0.15) is 31.4 Å². The molecule has 1 aliphatic rings. The number of hydrogen-bond donors (Lipinski definition) is 2. The van der Waals surface area contributed by atoms with Gasteiger partial charge in [0.25, 0.3) is 0 Å². The van der Waals surface area contributed by atoms with Crippen LogP contribution in [-0.2, 0) is 4.79 Å². The van der Waals surface area contributed by atoms with Gasteiger partial charge in [-0.1, -0.05) is 6.07 Å². The van der Waals surface area contributed by atoms with Crippen LogP contribution in [0.15, 0.2) is 36.7 Å². The van der Waals surface area contributed by atoms with Gasteiger partial charge in [-0.2, -0.15) is 5.10 Å². The lowest BCUT2D eigenvalue weighted by molar-refractivity contribution is -0.143. The maximum absolute atomic E-state index is 14.3. The number of nitrogens with one attached hydrogen (secondary N) is 1. The quantitative estimate of drug-likeness (QED) is 0.877. The number of hydrogen-bond acceptors (Lipinski definition) is 3. The molecule has 1 fully saturated rings. The van der Waals surface area contributed by atoms with Crippen molar-refractivity contribution in [3.63, 3.8) is 0 Å². The number of rotatable bonds is 4. The lowest BCUT2D eigenvalue weighted by Gasteiger charge is -2.31. The molecule has 0 unspecified atom stereocenters. The van der Waals surface area contributed by atoms with Gasteiger partial charge in [0.15, 0.2) is 0 Å². The first-order chi connectivity index (χ1) is 12.5. The molecule has 0 bridgehead atoms. The highest BCUT2D eigenvalue weighted by Crippen LogP contribution is 2.21. The van der Waals surface area contributed by atoms with Crippen LogP contribution in [0.3, 0.4) is 0 Å². The molecule has 1 aliphatic heterocycles. The number of halogens is 1. The molecule has 0 spiro atoms. The third-order valence-corrected chi connectivity index (χ3v) is 4.69. The van der Waals surface area contributed by atoms with Gasteiger partial charge in [-0.25, -0.2) is 13.9 Å². The first-order valence-corrected chi connectivity index (χ1v) is 8.53. The fourth-order valence-corrected chi connectivity index (χ4v) is 3.08. The molecule has 2 aromatic rings. The van der Waals surface area contributed by atoms with Gasteiger partial charge in [0.1, 0.15) is 11.5 Å². The molecule has 0 radical (unpaired) electrons. The van der Waals surface area contributed by atoms with Crippen LogP contribution in [0.2, 0.25) is 0 Å². The van der Waals surface area contributed by atoms with E-state index in [1.807, 2.05) is 0 Å². The number of carboxylic acid groups (broad SMARTS) is 1. The van der Waals surface area contributed by atoms with E-state index in [9.17, 15) is 14.0 Å². The molecule has 0 saturated carbocycles. The number of piperidine rings is 1. The largest absolute Gasteiger partial charge is 0.481 e. The number of nitrogens with zero attached hydrogens (tertiary/aromatic N) is 3. The van der Waals surface area contributed by atoms with E-state index in [0.29, 0.717) is 37.2 Å². The minimum absolute atomic E-state index is 0.266. The second-order valence-electron chi connectivity index (χ2n) is 6.43. The first-order valence-electron chi connectivity index (χ1n) is 8.53. The lowest BCUT2D eigenvalue weighted by Crippen LogP contribution is -2.46. The molecular weight excluding hydrogens is 339 g/mol. The summed E-state index contributed by atoms with van der Waals surface area (Å²) in [5.41, 5.74) is 0.986. The summed E-state index contributed by atoms with van der Waals surface area (Å²) in [4.78, 5) is 24.9. The average molecular weight is 360 g/mol. The van der Waals surface area contributed by atoms with Gasteiger partial charge in [0.05, 0.1) is 12.0 Å². The van der Waals surface area contributed by atoms with Gasteiger partial charge in [-0.3, -0.25) is 4.79 Å². The van der Waals surface area contributed by atoms with Gasteiger partial charge in [0, 0.05) is 25.5 Å². The fourth-order valence-electron chi connectivity index (χ4n) is 3.08. The zero-order chi connectivity index (χ0) is 18.7. The van der Waals surface area contributed by atoms with Crippen LogP contribution >= 0.6 is 0 Å². The van der Waals surface area contributed by atoms with Crippen molar-refractivity contribution in [2.75, 3.05) is 13.1 Å². The number of carbonyl (C=O) groups excluding carboxylic acids is 1. The van der Waals surface area contributed by atoms with Crippen molar-refractivity contribution in [3.8, 4) is 5.69 Å². The Bertz CT molecular complexity index is 786. The van der Waals surface area contributed by atoms with Crippen LogP contribution in [-0.4, -0.2) is 44.9 Å². The highest BCUT2D eigenvalue weighted by Gasteiger charge is 2.27. The van der Waals surface area contributed by atoms with Crippen molar-refractivity contribution in [1.29, 1.82) is 0 Å². The zero-order valence-corrected chi connectivity index (χ0v) is 14.4. The normalized spacial score (nSPS) is 16.3. The predicted octanol–water partition coefficient (Wildman–Crippen LogP) is 2.58. The summed E-state index contributed by atoms with van der Waals surface area (Å²) < 4.78 is 15.8. The van der Waals surface area contributed by atoms with E-state index in [4.69, 9.17) is 5.11 Å². The summed E-state index contributed by atoms with van der Waals surface area (Å²) >= 11 is 0. The number of likely N-dealkylation sites (tertiary alicyclic amines) is 1. The second kappa shape index (κ2) is 7.55. The summed E-state index contributed by atoms with van der Waals surface area (Å²) in [6.45, 7) is 2.59. The van der Waals surface area contributed by atoms with Crippen LogP contribution in [0.5, 0.6) is 0 Å². The molecule has 1 aromatic carbocycles. The van der Waals surface area contributed by atoms with Crippen LogP contribution in [0.4, 0.5) is 9.18 Å². The van der Waals surface area contributed by atoms with Crippen LogP contribution in [0.25, 0.3) is 5.69 Å². The van der Waals surface area contributed by atoms with Gasteiger partial charge in [-0.15, -0.1) is 0 Å². The smallest absolute Gasteiger partial charge is 0.317 e. The molecule has 26 heavy (non-hydrogen) atoms. The van der Waals surface area contributed by atoms with E-state index in [1.165, 1.54) is 10.7 Å². The molecule has 2 amide bonds. The van der Waals surface area contributed by atoms with Crippen molar-refractivity contribution in [2.45, 2.75) is 25.8 Å². The van der Waals surface area contributed by atoms with E-state index in [-0.39, 0.29) is 18.0 Å². The number of benzene rings is 1. The zero-order valence-electron chi connectivity index (χ0n) is 14.4. The third kappa shape index (κ3) is 3.84. The Morgan fingerprint density at radius 3 is 2.65 bits per heavy atom. The fraction of sp³-hybridized carbons (Fsp3) is 0.389. The summed E-state index contributed by atoms with van der Waals surface area (Å²) in [5, 5.41) is 15.9. The number of urea groups is 1. The molecule has 0 aliphatic carbocycles. The topological polar surface area (TPSA) is 87.5 Å². The molecule has 1 aromatic heterocycles. The minimum atomic E-state index is -0.814. The first kappa shape index (κ1) is 17.9. The molecule has 138 valence electrons. The highest BCUT2D eigenvalue weighted by molar-refractivity contribution is 5.75. The van der Waals surface area contributed by atoms with E-state index in [1.54, 1.807) is 42.4 Å². The standard InChI is InChI=1S/C18H21FN4O3/c1-12(21-18(26)22-9-5-13(6-10-22)17(24)25)14-3-4-16(15(19)11-14)23-8-2-7-20-23/h2-4,7-8,11-13H,5-6,9-10H2,1H3,(H,21,26)(H,24,25)/t12-/m1/s1. The van der Waals surface area contributed by atoms with Gasteiger partial charge < -0.3 is 15.3 Å². The molecule has 2 heterocycles. The van der Waals surface area contributed by atoms with Crippen molar-refractivity contribution < 1.29 is 19.1 Å². The Morgan fingerprint density at radius 1 is 1.35 bits per heavy atom. The van der Waals surface area contributed by atoms with E-state index < -0.39 is 11.8 Å². The van der Waals surface area contributed by atoms with Crippen molar-refractivity contribution in [2.24, 2.45) is 5.92 Å². The van der Waals surface area contributed by atoms with Crippen molar-refractivity contribution in [3.05, 3.63) is 48.0 Å². The molecule has 1 atom stereocenters. The van der Waals surface area contributed by atoms with Crippen molar-refractivity contribution in [1.82, 2.24) is 20.0 Å². The Labute approximate surface area is 150 Å². The summed E-state index contributed by atoms with van der Waals surface area (Å²) in [7, 11) is 0. The Hall–Kier alpha value is -2.90. The lowest BCUT2D eigenvalue weighted by atomic mass is 9.97. The molecule has 7 nitrogen and oxygen atoms in total. The summed E-state index contributed by atoms with van der Waals surface area (Å²) in [5.74, 6) is -1.62. The van der Waals surface area contributed by atoms with Gasteiger partial charge in [0.2, 0.25) is 0 Å². The molecule has 1 saturated heterocycles. The monoisotopic (exact) mass is 360 g/mol. The Kier molecular flexibility index (Phi) is 5.20. The number of amides is 2. The van der Waals surface area contributed by atoms with E-state index in [0.717, 1.165) is 0 Å².